The molecule has 0 spiro atoms. The number of amides is 1. The summed E-state index contributed by atoms with van der Waals surface area (Å²) in [5, 5.41) is 2.33. The minimum atomic E-state index is -1.36. The van der Waals surface area contributed by atoms with E-state index in [0.717, 1.165) is 19.3 Å². The number of benzene rings is 1. The number of rotatable bonds is 6. The van der Waals surface area contributed by atoms with E-state index in [0.29, 0.717) is 11.4 Å². The van der Waals surface area contributed by atoms with Crippen LogP contribution in [0.1, 0.15) is 26.2 Å². The summed E-state index contributed by atoms with van der Waals surface area (Å²) in [5.41, 5.74) is 0.490. The fourth-order valence-corrected chi connectivity index (χ4v) is 6.51. The molecule has 130 valence electrons. The van der Waals surface area contributed by atoms with Gasteiger partial charge in [-0.25, -0.2) is 4.39 Å². The molecule has 0 aromatic heterocycles. The Labute approximate surface area is 149 Å². The molecule has 6 heteroatoms. The number of hydrogen-bond acceptors (Lipinski definition) is 2. The lowest BCUT2D eigenvalue weighted by Gasteiger charge is -2.36. The maximum atomic E-state index is 13.1. The Hall–Kier alpha value is -1.20. The van der Waals surface area contributed by atoms with E-state index in [1.807, 2.05) is 19.1 Å². The van der Waals surface area contributed by atoms with E-state index in [1.54, 1.807) is 0 Å². The van der Waals surface area contributed by atoms with E-state index < -0.39 is 20.9 Å². The number of carbonyl (C=O) groups is 1. The van der Waals surface area contributed by atoms with Gasteiger partial charge in [0.25, 0.3) is 0 Å². The van der Waals surface area contributed by atoms with Crippen LogP contribution in [0.3, 0.4) is 0 Å². The number of hydrogen-bond donors (Lipinski definition) is 1. The molecule has 3 rings (SSSR count). The monoisotopic (exact) mass is 369 g/mol. The van der Waals surface area contributed by atoms with Gasteiger partial charge in [0, 0.05) is 28.2 Å². The number of allylic oxidation sites excluding steroid dienone is 2. The van der Waals surface area contributed by atoms with Crippen LogP contribution in [0.4, 0.5) is 10.1 Å². The van der Waals surface area contributed by atoms with Crippen LogP contribution >= 0.6 is 11.6 Å². The van der Waals surface area contributed by atoms with Gasteiger partial charge in [0.1, 0.15) is 10.6 Å². The summed E-state index contributed by atoms with van der Waals surface area (Å²) >= 11 is 6.63. The lowest BCUT2D eigenvalue weighted by Crippen LogP contribution is -2.56. The number of nitrogens with one attached hydrogen (secondary N) is 1. The molecule has 3 nitrogen and oxygen atoms in total. The zero-order valence-electron chi connectivity index (χ0n) is 13.5. The van der Waals surface area contributed by atoms with Crippen molar-refractivity contribution in [2.45, 2.75) is 36.3 Å². The molecule has 0 aliphatic heterocycles. The Kier molecular flexibility index (Phi) is 5.11. The summed E-state index contributed by atoms with van der Waals surface area (Å²) in [7, 11) is -1.36. The third-order valence-electron chi connectivity index (χ3n) is 4.97. The first-order chi connectivity index (χ1) is 11.5. The van der Waals surface area contributed by atoms with Crippen LogP contribution in [0.5, 0.6) is 0 Å². The number of fused-ring (bicyclic) bond motifs is 2. The second-order valence-electron chi connectivity index (χ2n) is 6.45. The Morgan fingerprint density at radius 2 is 2.08 bits per heavy atom. The Morgan fingerprint density at radius 1 is 1.38 bits per heavy atom. The van der Waals surface area contributed by atoms with Crippen LogP contribution in [0.2, 0.25) is 0 Å². The maximum absolute atomic E-state index is 13.1. The van der Waals surface area contributed by atoms with Gasteiger partial charge in [0.05, 0.1) is 5.38 Å². The molecule has 1 saturated carbocycles. The van der Waals surface area contributed by atoms with Gasteiger partial charge in [0.15, 0.2) is 0 Å². The van der Waals surface area contributed by atoms with Gasteiger partial charge in [-0.3, -0.25) is 9.00 Å². The predicted molar refractivity (Wildman–Crippen MR) is 96.1 cm³/mol. The summed E-state index contributed by atoms with van der Waals surface area (Å²) in [6, 6.07) is 5.58. The molecule has 0 saturated heterocycles. The second kappa shape index (κ2) is 6.96. The smallest absolute Gasteiger partial charge is 0.245 e. The average Bonchev–Trinajstić information content (AvgIpc) is 3.15. The zero-order valence-corrected chi connectivity index (χ0v) is 15.1. The molecule has 1 N–H and O–H groups in total. The van der Waals surface area contributed by atoms with E-state index >= 15 is 0 Å². The van der Waals surface area contributed by atoms with Crippen molar-refractivity contribution in [3.63, 3.8) is 0 Å². The van der Waals surface area contributed by atoms with Crippen LogP contribution < -0.4 is 5.32 Å². The summed E-state index contributed by atoms with van der Waals surface area (Å²) in [5.74, 6) is -0.245. The summed E-state index contributed by atoms with van der Waals surface area (Å²) < 4.78 is 25.0. The van der Waals surface area contributed by atoms with Crippen molar-refractivity contribution in [2.24, 2.45) is 11.8 Å². The van der Waals surface area contributed by atoms with Gasteiger partial charge >= 0.3 is 0 Å². The number of carbonyl (C=O) groups excluding carboxylic acids is 1. The summed E-state index contributed by atoms with van der Waals surface area (Å²) in [6.45, 7) is 2.03. The molecule has 1 aromatic rings. The molecule has 24 heavy (non-hydrogen) atoms. The molecule has 1 aromatic carbocycles. The highest BCUT2D eigenvalue weighted by atomic mass is 35.5. The second-order valence-corrected chi connectivity index (χ2v) is 8.70. The van der Waals surface area contributed by atoms with Gasteiger partial charge in [-0.1, -0.05) is 25.5 Å². The minimum Gasteiger partial charge on any atom is -0.325 e. The van der Waals surface area contributed by atoms with Crippen LogP contribution in [-0.4, -0.2) is 26.0 Å². The third-order valence-corrected chi connectivity index (χ3v) is 7.92. The highest BCUT2D eigenvalue weighted by Gasteiger charge is 2.63. The Bertz CT molecular complexity index is 678. The Balaban J connectivity index is 1.90. The molecule has 2 aliphatic carbocycles. The number of unbranched alkanes of at least 4 members (excludes halogenated alkanes) is 1. The fraction of sp³-hybridized carbons (Fsp3) is 0.500. The van der Waals surface area contributed by atoms with E-state index in [2.05, 4.69) is 5.32 Å². The number of anilines is 1. The lowest BCUT2D eigenvalue weighted by atomic mass is 9.91. The van der Waals surface area contributed by atoms with E-state index in [4.69, 9.17) is 11.6 Å². The molecule has 5 atom stereocenters. The van der Waals surface area contributed by atoms with Crippen molar-refractivity contribution in [1.82, 2.24) is 0 Å². The molecule has 2 bridgehead atoms. The van der Waals surface area contributed by atoms with Gasteiger partial charge in [-0.05, 0) is 43.0 Å². The average molecular weight is 370 g/mol. The van der Waals surface area contributed by atoms with E-state index in [-0.39, 0.29) is 23.6 Å². The highest BCUT2D eigenvalue weighted by molar-refractivity contribution is 7.87. The standard InChI is InChI=1S/C18H21ClFNO2S/c1-2-3-10-24(23)18(13-5-4-12(11-13)16(18)19)17(22)21-15-8-6-14(20)7-9-15/h4-9,12-13,16H,2-3,10-11H2,1H3,(H,21,22)/t12-,13+,16+,18-,24-/m0/s1. The van der Waals surface area contributed by atoms with Crippen molar-refractivity contribution in [3.05, 3.63) is 42.2 Å². The van der Waals surface area contributed by atoms with Gasteiger partial charge in [0.2, 0.25) is 5.91 Å². The number of halogens is 2. The van der Waals surface area contributed by atoms with Crippen molar-refractivity contribution >= 4 is 34.0 Å². The van der Waals surface area contributed by atoms with Crippen LogP contribution in [0.15, 0.2) is 36.4 Å². The topological polar surface area (TPSA) is 46.2 Å². The van der Waals surface area contributed by atoms with Crippen LogP contribution in [0, 0.1) is 17.7 Å². The van der Waals surface area contributed by atoms with E-state index in [9.17, 15) is 13.4 Å². The predicted octanol–water partition coefficient (Wildman–Crippen LogP) is 3.87. The summed E-state index contributed by atoms with van der Waals surface area (Å²) in [6.07, 6.45) is 6.49. The lowest BCUT2D eigenvalue weighted by molar-refractivity contribution is -0.119. The SMILES string of the molecule is CCCC[S@](=O)[C@@]1(C(=O)Nc2ccc(F)cc2)[C@@H]2C=C[C@@H](C2)[C@H]1Cl. The molecule has 2 aliphatic rings. The molecule has 1 fully saturated rings. The maximum Gasteiger partial charge on any atom is 0.245 e. The fourth-order valence-electron chi connectivity index (χ4n) is 3.68. The van der Waals surface area contributed by atoms with E-state index in [1.165, 1.54) is 24.3 Å². The molecule has 0 radical (unpaired) electrons. The summed E-state index contributed by atoms with van der Waals surface area (Å²) in [4.78, 5) is 13.1. The quantitative estimate of drug-likeness (QED) is 0.611. The first-order valence-corrected chi connectivity index (χ1v) is 10.0. The molecular weight excluding hydrogens is 349 g/mol. The van der Waals surface area contributed by atoms with Crippen molar-refractivity contribution in [2.75, 3.05) is 11.1 Å². The van der Waals surface area contributed by atoms with Crippen molar-refractivity contribution in [3.8, 4) is 0 Å². The first kappa shape index (κ1) is 17.6. The van der Waals surface area contributed by atoms with Crippen LogP contribution in [-0.2, 0) is 15.6 Å². The van der Waals surface area contributed by atoms with Crippen molar-refractivity contribution in [1.29, 1.82) is 0 Å². The molecule has 0 heterocycles. The molecular formula is C18H21ClFNO2S. The van der Waals surface area contributed by atoms with Crippen LogP contribution in [0.25, 0.3) is 0 Å². The number of alkyl halides is 1. The molecule has 1 amide bonds. The largest absolute Gasteiger partial charge is 0.325 e. The minimum absolute atomic E-state index is 0.0845. The highest BCUT2D eigenvalue weighted by Crippen LogP contribution is 2.53. The molecule has 0 unspecified atom stereocenters. The van der Waals surface area contributed by atoms with Gasteiger partial charge in [-0.2, -0.15) is 0 Å². The van der Waals surface area contributed by atoms with Gasteiger partial charge < -0.3 is 5.32 Å². The normalized spacial score (nSPS) is 32.0. The van der Waals surface area contributed by atoms with Crippen molar-refractivity contribution < 1.29 is 13.4 Å². The first-order valence-electron chi connectivity index (χ1n) is 8.28. The third kappa shape index (κ3) is 2.82. The van der Waals surface area contributed by atoms with Gasteiger partial charge in [-0.15, -0.1) is 11.6 Å². The zero-order chi connectivity index (χ0) is 17.3. The Morgan fingerprint density at radius 3 is 2.67 bits per heavy atom.